The topological polar surface area (TPSA) is 29.1 Å². The Morgan fingerprint density at radius 1 is 1.19 bits per heavy atom. The zero-order valence-electron chi connectivity index (χ0n) is 10.1. The maximum absolute atomic E-state index is 10.9. The van der Waals surface area contributed by atoms with Crippen molar-refractivity contribution >= 4 is 5.91 Å². The lowest BCUT2D eigenvalue weighted by Gasteiger charge is -2.34. The normalized spacial score (nSPS) is 37.1. The number of hydrogen-bond acceptors (Lipinski definition) is 1. The van der Waals surface area contributed by atoms with E-state index in [0.29, 0.717) is 6.04 Å². The number of carbonyl (C=O) groups is 1. The first-order valence-electron chi connectivity index (χ1n) is 7.05. The highest BCUT2D eigenvalue weighted by Crippen LogP contribution is 2.52. The summed E-state index contributed by atoms with van der Waals surface area (Å²) in [4.78, 5) is 10.9. The fraction of sp³-hybridized carbons (Fsp3) is 0.929. The van der Waals surface area contributed by atoms with Crippen LogP contribution in [0.5, 0.6) is 0 Å². The summed E-state index contributed by atoms with van der Waals surface area (Å²) in [5, 5.41) is 3.02. The minimum Gasteiger partial charge on any atom is -0.353 e. The quantitative estimate of drug-likeness (QED) is 0.713. The third kappa shape index (κ3) is 1.99. The molecule has 3 rings (SSSR count). The Hall–Kier alpha value is -0.530. The van der Waals surface area contributed by atoms with Gasteiger partial charge in [0.25, 0.3) is 0 Å². The average molecular weight is 221 g/mol. The summed E-state index contributed by atoms with van der Waals surface area (Å²) in [6.45, 7) is 0. The second-order valence-corrected chi connectivity index (χ2v) is 6.37. The van der Waals surface area contributed by atoms with Gasteiger partial charge in [0.05, 0.1) is 0 Å². The summed E-state index contributed by atoms with van der Waals surface area (Å²) in [5.74, 6) is 1.17. The fourth-order valence-corrected chi connectivity index (χ4v) is 4.26. The van der Waals surface area contributed by atoms with Crippen LogP contribution in [0.25, 0.3) is 0 Å². The lowest BCUT2D eigenvalue weighted by atomic mass is 9.72. The van der Waals surface area contributed by atoms with Crippen molar-refractivity contribution in [1.82, 2.24) is 5.32 Å². The molecule has 2 aliphatic carbocycles. The van der Waals surface area contributed by atoms with Crippen molar-refractivity contribution in [2.75, 3.05) is 0 Å². The van der Waals surface area contributed by atoms with E-state index in [2.05, 4.69) is 5.32 Å². The number of nitrogens with one attached hydrogen (secondary N) is 1. The summed E-state index contributed by atoms with van der Waals surface area (Å²) in [6, 6.07) is 0.524. The lowest BCUT2D eigenvalue weighted by molar-refractivity contribution is -0.128. The van der Waals surface area contributed by atoms with Crippen molar-refractivity contribution in [3.05, 3.63) is 0 Å². The van der Waals surface area contributed by atoms with Gasteiger partial charge in [-0.3, -0.25) is 4.79 Å². The minimum atomic E-state index is 0.260. The van der Waals surface area contributed by atoms with Gasteiger partial charge in [0, 0.05) is 12.5 Å². The molecule has 3 fully saturated rings. The molecule has 2 heteroatoms. The molecule has 90 valence electrons. The van der Waals surface area contributed by atoms with Gasteiger partial charge in [0.15, 0.2) is 0 Å². The molecular formula is C14H23NO. The highest BCUT2D eigenvalue weighted by atomic mass is 16.2. The average Bonchev–Trinajstić information content (AvgIpc) is 2.61. The Bertz CT molecular complexity index is 272. The van der Waals surface area contributed by atoms with Gasteiger partial charge in [-0.1, -0.05) is 19.3 Å². The maximum atomic E-state index is 10.9. The standard InChI is InChI=1S/C14H23NO/c16-13-9-12(15-13)8-11-4-7-14(10-11)5-2-1-3-6-14/h11-12H,1-10H2,(H,15,16). The van der Waals surface area contributed by atoms with Crippen molar-refractivity contribution in [1.29, 1.82) is 0 Å². The van der Waals surface area contributed by atoms with Gasteiger partial charge < -0.3 is 5.32 Å². The van der Waals surface area contributed by atoms with E-state index in [1.807, 2.05) is 0 Å². The summed E-state index contributed by atoms with van der Waals surface area (Å²) in [7, 11) is 0. The minimum absolute atomic E-state index is 0.260. The van der Waals surface area contributed by atoms with Crippen LogP contribution >= 0.6 is 0 Å². The smallest absolute Gasteiger partial charge is 0.222 e. The Kier molecular flexibility index (Phi) is 2.68. The van der Waals surface area contributed by atoms with Crippen LogP contribution < -0.4 is 5.32 Å². The van der Waals surface area contributed by atoms with Crippen LogP contribution in [-0.4, -0.2) is 11.9 Å². The number of carbonyl (C=O) groups excluding carboxylic acids is 1. The van der Waals surface area contributed by atoms with Crippen LogP contribution in [-0.2, 0) is 4.79 Å². The molecule has 0 aromatic heterocycles. The lowest BCUT2D eigenvalue weighted by Crippen LogP contribution is -2.49. The number of rotatable bonds is 2. The third-order valence-corrected chi connectivity index (χ3v) is 5.13. The van der Waals surface area contributed by atoms with Gasteiger partial charge in [-0.05, 0) is 49.9 Å². The van der Waals surface area contributed by atoms with E-state index >= 15 is 0 Å². The van der Waals surface area contributed by atoms with Gasteiger partial charge in [-0.15, -0.1) is 0 Å². The molecule has 2 unspecified atom stereocenters. The predicted molar refractivity (Wildman–Crippen MR) is 64.0 cm³/mol. The maximum Gasteiger partial charge on any atom is 0.222 e. The molecule has 0 aromatic carbocycles. The molecule has 1 spiro atoms. The first kappa shape index (κ1) is 10.6. The molecule has 0 bridgehead atoms. The van der Waals surface area contributed by atoms with Crippen molar-refractivity contribution in [3.8, 4) is 0 Å². The number of hydrogen-bond donors (Lipinski definition) is 1. The fourth-order valence-electron chi connectivity index (χ4n) is 4.26. The van der Waals surface area contributed by atoms with Crippen molar-refractivity contribution in [3.63, 3.8) is 0 Å². The van der Waals surface area contributed by atoms with E-state index < -0.39 is 0 Å². The van der Waals surface area contributed by atoms with Crippen LogP contribution in [0.4, 0.5) is 0 Å². The zero-order chi connectivity index (χ0) is 11.0. The van der Waals surface area contributed by atoms with Crippen LogP contribution in [0.3, 0.4) is 0 Å². The summed E-state index contributed by atoms with van der Waals surface area (Å²) in [5.41, 5.74) is 0.733. The van der Waals surface area contributed by atoms with E-state index in [1.54, 1.807) is 0 Å². The van der Waals surface area contributed by atoms with Gasteiger partial charge in [-0.2, -0.15) is 0 Å². The molecule has 1 aliphatic heterocycles. The molecule has 16 heavy (non-hydrogen) atoms. The number of amides is 1. The molecule has 0 radical (unpaired) electrons. The predicted octanol–water partition coefficient (Wildman–Crippen LogP) is 3.02. The molecule has 2 saturated carbocycles. The summed E-state index contributed by atoms with van der Waals surface area (Å²) >= 11 is 0. The monoisotopic (exact) mass is 221 g/mol. The van der Waals surface area contributed by atoms with E-state index in [-0.39, 0.29) is 5.91 Å². The SMILES string of the molecule is O=C1CC(CC2CCC3(CCCCC3)C2)N1. The van der Waals surface area contributed by atoms with Crippen LogP contribution in [0, 0.1) is 11.3 Å². The van der Waals surface area contributed by atoms with Crippen molar-refractivity contribution < 1.29 is 4.79 Å². The molecular weight excluding hydrogens is 198 g/mol. The van der Waals surface area contributed by atoms with E-state index in [9.17, 15) is 4.79 Å². The second-order valence-electron chi connectivity index (χ2n) is 6.37. The Morgan fingerprint density at radius 3 is 2.62 bits per heavy atom. The first-order chi connectivity index (χ1) is 7.76. The van der Waals surface area contributed by atoms with E-state index in [0.717, 1.165) is 17.8 Å². The van der Waals surface area contributed by atoms with Crippen molar-refractivity contribution in [2.24, 2.45) is 11.3 Å². The van der Waals surface area contributed by atoms with Crippen LogP contribution in [0.2, 0.25) is 0 Å². The highest BCUT2D eigenvalue weighted by molar-refractivity contribution is 5.82. The third-order valence-electron chi connectivity index (χ3n) is 5.13. The van der Waals surface area contributed by atoms with Gasteiger partial charge in [0.1, 0.15) is 0 Å². The summed E-state index contributed by atoms with van der Waals surface area (Å²) in [6.07, 6.45) is 13.8. The largest absolute Gasteiger partial charge is 0.353 e. The molecule has 0 aromatic rings. The molecule has 1 amide bonds. The Morgan fingerprint density at radius 2 is 1.94 bits per heavy atom. The van der Waals surface area contributed by atoms with E-state index in [4.69, 9.17) is 0 Å². The molecule has 1 saturated heterocycles. The van der Waals surface area contributed by atoms with Crippen LogP contribution in [0.1, 0.15) is 64.2 Å². The second kappa shape index (κ2) is 4.05. The molecule has 1 heterocycles. The highest BCUT2D eigenvalue weighted by Gasteiger charge is 2.41. The van der Waals surface area contributed by atoms with Gasteiger partial charge in [-0.25, -0.2) is 0 Å². The van der Waals surface area contributed by atoms with E-state index in [1.165, 1.54) is 57.8 Å². The van der Waals surface area contributed by atoms with Crippen LogP contribution in [0.15, 0.2) is 0 Å². The molecule has 3 aliphatic rings. The molecule has 2 nitrogen and oxygen atoms in total. The molecule has 1 N–H and O–H groups in total. The van der Waals surface area contributed by atoms with Gasteiger partial charge >= 0.3 is 0 Å². The van der Waals surface area contributed by atoms with Gasteiger partial charge in [0.2, 0.25) is 5.91 Å². The zero-order valence-corrected chi connectivity index (χ0v) is 10.1. The number of β-lactam (4-membered cyclic amide) rings is 1. The van der Waals surface area contributed by atoms with Crippen molar-refractivity contribution in [2.45, 2.75) is 70.3 Å². The summed E-state index contributed by atoms with van der Waals surface area (Å²) < 4.78 is 0. The first-order valence-corrected chi connectivity index (χ1v) is 7.05. The Balaban J connectivity index is 1.50. The molecule has 2 atom stereocenters. The Labute approximate surface area is 98.2 Å².